The molecule has 1 aromatic rings. The minimum absolute atomic E-state index is 0.230. The van der Waals surface area contributed by atoms with Crippen LogP contribution in [0.25, 0.3) is 0 Å². The van der Waals surface area contributed by atoms with Crippen molar-refractivity contribution >= 4 is 11.6 Å². The first-order chi connectivity index (χ1) is 9.15. The van der Waals surface area contributed by atoms with Crippen LogP contribution < -0.4 is 10.2 Å². The summed E-state index contributed by atoms with van der Waals surface area (Å²) in [5, 5.41) is 13.0. The number of nitrogens with zero attached hydrogens (tertiary/aromatic N) is 3. The number of nitrogens with one attached hydrogen (secondary N) is 1. The molecule has 1 saturated heterocycles. The molecule has 1 atom stereocenters. The van der Waals surface area contributed by atoms with Gasteiger partial charge in [0.25, 0.3) is 0 Å². The van der Waals surface area contributed by atoms with E-state index in [9.17, 15) is 5.11 Å². The molecule has 2 heterocycles. The second kappa shape index (κ2) is 6.19. The highest BCUT2D eigenvalue weighted by molar-refractivity contribution is 5.59. The van der Waals surface area contributed by atoms with E-state index in [1.165, 1.54) is 0 Å². The van der Waals surface area contributed by atoms with E-state index in [1.807, 2.05) is 6.92 Å². The van der Waals surface area contributed by atoms with E-state index in [1.54, 1.807) is 0 Å². The number of aliphatic hydroxyl groups is 1. The fraction of sp³-hybridized carbons (Fsp3) is 0.714. The molecule has 1 unspecified atom stereocenters. The van der Waals surface area contributed by atoms with Crippen molar-refractivity contribution in [1.82, 2.24) is 9.97 Å². The molecule has 5 nitrogen and oxygen atoms in total. The van der Waals surface area contributed by atoms with Gasteiger partial charge in [0.2, 0.25) is 0 Å². The molecule has 5 heteroatoms. The van der Waals surface area contributed by atoms with E-state index in [2.05, 4.69) is 34.0 Å². The van der Waals surface area contributed by atoms with Crippen LogP contribution in [0.2, 0.25) is 0 Å². The number of anilines is 2. The van der Waals surface area contributed by atoms with Crippen LogP contribution in [0.15, 0.2) is 0 Å². The van der Waals surface area contributed by atoms with Crippen molar-refractivity contribution in [2.75, 3.05) is 29.9 Å². The summed E-state index contributed by atoms with van der Waals surface area (Å²) in [6.07, 6.45) is 2.52. The van der Waals surface area contributed by atoms with Crippen LogP contribution in [0.4, 0.5) is 11.6 Å². The summed E-state index contributed by atoms with van der Waals surface area (Å²) in [4.78, 5) is 11.4. The SMILES string of the molecule is CCCc1nc(NCC)c(C)c(N2CCC(O)C2)n1. The normalized spacial score (nSPS) is 18.9. The Kier molecular flexibility index (Phi) is 4.58. The summed E-state index contributed by atoms with van der Waals surface area (Å²) in [6, 6.07) is 0. The third-order valence-corrected chi connectivity index (χ3v) is 3.45. The number of hydrogen-bond donors (Lipinski definition) is 2. The highest BCUT2D eigenvalue weighted by Crippen LogP contribution is 2.27. The van der Waals surface area contributed by atoms with Crippen LogP contribution in [0.3, 0.4) is 0 Å². The molecule has 0 bridgehead atoms. The third-order valence-electron chi connectivity index (χ3n) is 3.45. The van der Waals surface area contributed by atoms with Crippen molar-refractivity contribution < 1.29 is 5.11 Å². The molecule has 1 aliphatic heterocycles. The number of rotatable bonds is 5. The topological polar surface area (TPSA) is 61.3 Å². The zero-order valence-corrected chi connectivity index (χ0v) is 12.1. The zero-order valence-electron chi connectivity index (χ0n) is 12.1. The van der Waals surface area contributed by atoms with Gasteiger partial charge in [0.05, 0.1) is 6.10 Å². The van der Waals surface area contributed by atoms with E-state index in [-0.39, 0.29) is 6.10 Å². The van der Waals surface area contributed by atoms with Crippen LogP contribution in [-0.4, -0.2) is 40.8 Å². The minimum Gasteiger partial charge on any atom is -0.391 e. The van der Waals surface area contributed by atoms with Gasteiger partial charge in [-0.1, -0.05) is 6.92 Å². The summed E-state index contributed by atoms with van der Waals surface area (Å²) in [5.74, 6) is 2.80. The average molecular weight is 264 g/mol. The largest absolute Gasteiger partial charge is 0.391 e. The first-order valence-corrected chi connectivity index (χ1v) is 7.20. The van der Waals surface area contributed by atoms with Gasteiger partial charge in [0.1, 0.15) is 17.5 Å². The molecule has 0 radical (unpaired) electrons. The van der Waals surface area contributed by atoms with E-state index in [0.717, 1.165) is 55.4 Å². The van der Waals surface area contributed by atoms with Gasteiger partial charge in [-0.2, -0.15) is 0 Å². The third kappa shape index (κ3) is 3.15. The molecule has 2 N–H and O–H groups in total. The monoisotopic (exact) mass is 264 g/mol. The Labute approximate surface area is 115 Å². The first kappa shape index (κ1) is 14.1. The lowest BCUT2D eigenvalue weighted by Gasteiger charge is -2.21. The molecular weight excluding hydrogens is 240 g/mol. The second-order valence-electron chi connectivity index (χ2n) is 5.11. The smallest absolute Gasteiger partial charge is 0.137 e. The number of hydrogen-bond acceptors (Lipinski definition) is 5. The molecule has 19 heavy (non-hydrogen) atoms. The van der Waals surface area contributed by atoms with Crippen molar-refractivity contribution in [2.45, 2.75) is 46.1 Å². The number of aromatic nitrogens is 2. The van der Waals surface area contributed by atoms with E-state index < -0.39 is 0 Å². The van der Waals surface area contributed by atoms with Gasteiger partial charge in [-0.3, -0.25) is 0 Å². The molecule has 0 aromatic carbocycles. The maximum absolute atomic E-state index is 9.70. The second-order valence-corrected chi connectivity index (χ2v) is 5.11. The van der Waals surface area contributed by atoms with Crippen LogP contribution in [0.1, 0.15) is 38.1 Å². The maximum atomic E-state index is 9.70. The van der Waals surface area contributed by atoms with Gasteiger partial charge in [-0.15, -0.1) is 0 Å². The van der Waals surface area contributed by atoms with Gasteiger partial charge >= 0.3 is 0 Å². The lowest BCUT2D eigenvalue weighted by molar-refractivity contribution is 0.198. The molecule has 1 fully saturated rings. The fourth-order valence-electron chi connectivity index (χ4n) is 2.47. The lowest BCUT2D eigenvalue weighted by atomic mass is 10.2. The van der Waals surface area contributed by atoms with E-state index in [0.29, 0.717) is 6.54 Å². The summed E-state index contributed by atoms with van der Waals surface area (Å²) in [5.41, 5.74) is 1.08. The molecule has 0 amide bonds. The zero-order chi connectivity index (χ0) is 13.8. The Morgan fingerprint density at radius 3 is 2.74 bits per heavy atom. The Balaban J connectivity index is 2.34. The quantitative estimate of drug-likeness (QED) is 0.848. The average Bonchev–Trinajstić information content (AvgIpc) is 2.80. The molecule has 1 aliphatic rings. The standard InChI is InChI=1S/C14H24N4O/c1-4-6-12-16-13(15-5-2)10(3)14(17-12)18-8-7-11(19)9-18/h11,19H,4-9H2,1-3H3,(H,15,16,17). The summed E-state index contributed by atoms with van der Waals surface area (Å²) in [6.45, 7) is 8.65. The van der Waals surface area contributed by atoms with Crippen LogP contribution >= 0.6 is 0 Å². The Bertz CT molecular complexity index is 436. The predicted octanol–water partition coefficient (Wildman–Crippen LogP) is 1.74. The van der Waals surface area contributed by atoms with Gasteiger partial charge < -0.3 is 15.3 Å². The van der Waals surface area contributed by atoms with Gasteiger partial charge in [0.15, 0.2) is 0 Å². The molecule has 0 saturated carbocycles. The fourth-order valence-corrected chi connectivity index (χ4v) is 2.47. The van der Waals surface area contributed by atoms with Crippen LogP contribution in [0, 0.1) is 6.92 Å². The number of aryl methyl sites for hydroxylation is 1. The molecular formula is C14H24N4O. The summed E-state index contributed by atoms with van der Waals surface area (Å²) < 4.78 is 0. The minimum atomic E-state index is -0.230. The maximum Gasteiger partial charge on any atom is 0.137 e. The summed E-state index contributed by atoms with van der Waals surface area (Å²) >= 11 is 0. The van der Waals surface area contributed by atoms with Crippen LogP contribution in [0.5, 0.6) is 0 Å². The van der Waals surface area contributed by atoms with Crippen molar-refractivity contribution in [2.24, 2.45) is 0 Å². The number of aliphatic hydroxyl groups excluding tert-OH is 1. The van der Waals surface area contributed by atoms with E-state index >= 15 is 0 Å². The Hall–Kier alpha value is -1.36. The molecule has 0 aliphatic carbocycles. The van der Waals surface area contributed by atoms with Crippen LogP contribution in [-0.2, 0) is 6.42 Å². The van der Waals surface area contributed by atoms with Crippen molar-refractivity contribution in [3.63, 3.8) is 0 Å². The highest BCUT2D eigenvalue weighted by atomic mass is 16.3. The Morgan fingerprint density at radius 2 is 2.16 bits per heavy atom. The number of β-amino-alcohol motifs (C(OH)–C–C–N with tert-alkyl or cyclic N) is 1. The first-order valence-electron chi connectivity index (χ1n) is 7.20. The Morgan fingerprint density at radius 1 is 1.37 bits per heavy atom. The molecule has 1 aromatic heterocycles. The van der Waals surface area contributed by atoms with E-state index in [4.69, 9.17) is 0 Å². The summed E-state index contributed by atoms with van der Waals surface area (Å²) in [7, 11) is 0. The van der Waals surface area contributed by atoms with Gasteiger partial charge in [-0.25, -0.2) is 9.97 Å². The molecule has 106 valence electrons. The molecule has 0 spiro atoms. The van der Waals surface area contributed by atoms with Gasteiger partial charge in [-0.05, 0) is 26.7 Å². The van der Waals surface area contributed by atoms with Crippen molar-refractivity contribution in [3.8, 4) is 0 Å². The predicted molar refractivity (Wildman–Crippen MR) is 77.8 cm³/mol. The van der Waals surface area contributed by atoms with Gasteiger partial charge in [0, 0.05) is 31.6 Å². The highest BCUT2D eigenvalue weighted by Gasteiger charge is 2.24. The lowest BCUT2D eigenvalue weighted by Crippen LogP contribution is -2.24. The van der Waals surface area contributed by atoms with Crippen molar-refractivity contribution in [3.05, 3.63) is 11.4 Å². The molecule has 2 rings (SSSR count). The van der Waals surface area contributed by atoms with Crippen molar-refractivity contribution in [1.29, 1.82) is 0 Å².